The number of rotatable bonds is 7. The molecule has 1 fully saturated rings. The molecule has 1 aromatic carbocycles. The number of benzene rings is 1. The molecule has 5 heteroatoms. The van der Waals surface area contributed by atoms with E-state index in [1.54, 1.807) is 0 Å². The van der Waals surface area contributed by atoms with Crippen LogP contribution in [0.2, 0.25) is 0 Å². The molecule has 1 N–H and O–H groups in total. The summed E-state index contributed by atoms with van der Waals surface area (Å²) in [5.74, 6) is 0.864. The normalized spacial score (nSPS) is 18.7. The van der Waals surface area contributed by atoms with Crippen LogP contribution >= 0.6 is 31.9 Å². The molecule has 1 aliphatic rings. The number of halogens is 2. The van der Waals surface area contributed by atoms with Crippen LogP contribution in [-0.2, 0) is 11.3 Å². The van der Waals surface area contributed by atoms with Crippen LogP contribution in [0, 0.1) is 0 Å². The third-order valence-electron chi connectivity index (χ3n) is 3.50. The third kappa shape index (κ3) is 5.55. The maximum absolute atomic E-state index is 5.95. The topological polar surface area (TPSA) is 30.5 Å². The molecule has 1 atom stereocenters. The van der Waals surface area contributed by atoms with E-state index in [1.807, 2.05) is 0 Å². The highest BCUT2D eigenvalue weighted by atomic mass is 79.9. The molecular formula is C16H23Br2NO2. The number of hydrogen-bond donors (Lipinski definition) is 1. The summed E-state index contributed by atoms with van der Waals surface area (Å²) in [7, 11) is 0. The Labute approximate surface area is 144 Å². The molecule has 0 amide bonds. The second-order valence-corrected chi connectivity index (χ2v) is 7.07. The van der Waals surface area contributed by atoms with Crippen molar-refractivity contribution in [2.24, 2.45) is 0 Å². The molecule has 0 bridgehead atoms. The molecule has 1 saturated heterocycles. The zero-order chi connectivity index (χ0) is 15.1. The molecule has 1 heterocycles. The summed E-state index contributed by atoms with van der Waals surface area (Å²) >= 11 is 7.22. The standard InChI is InChI=1S/C16H23Br2NO2/c1-2-6-19-10-12-8-14(17)16(15(18)9-12)21-11-13-5-3-4-7-20-13/h8-9,13,19H,2-7,10-11H2,1H3. The molecule has 1 aromatic rings. The largest absolute Gasteiger partial charge is 0.489 e. The molecule has 0 aliphatic carbocycles. The summed E-state index contributed by atoms with van der Waals surface area (Å²) < 4.78 is 13.6. The minimum absolute atomic E-state index is 0.225. The van der Waals surface area contributed by atoms with E-state index >= 15 is 0 Å². The Balaban J connectivity index is 1.92. The fraction of sp³-hybridized carbons (Fsp3) is 0.625. The van der Waals surface area contributed by atoms with Gasteiger partial charge in [-0.25, -0.2) is 0 Å². The second-order valence-electron chi connectivity index (χ2n) is 5.36. The lowest BCUT2D eigenvalue weighted by atomic mass is 10.1. The van der Waals surface area contributed by atoms with Gasteiger partial charge in [-0.15, -0.1) is 0 Å². The van der Waals surface area contributed by atoms with E-state index in [4.69, 9.17) is 9.47 Å². The van der Waals surface area contributed by atoms with E-state index in [9.17, 15) is 0 Å². The first-order valence-corrected chi connectivity index (χ1v) is 9.22. The molecule has 0 radical (unpaired) electrons. The van der Waals surface area contributed by atoms with Crippen LogP contribution in [0.3, 0.4) is 0 Å². The molecular weight excluding hydrogens is 398 g/mol. The van der Waals surface area contributed by atoms with E-state index in [-0.39, 0.29) is 6.10 Å². The van der Waals surface area contributed by atoms with Crippen molar-refractivity contribution in [1.29, 1.82) is 0 Å². The predicted molar refractivity (Wildman–Crippen MR) is 92.9 cm³/mol. The number of ether oxygens (including phenoxy) is 2. The van der Waals surface area contributed by atoms with Gasteiger partial charge in [-0.2, -0.15) is 0 Å². The van der Waals surface area contributed by atoms with Gasteiger partial charge in [0.2, 0.25) is 0 Å². The lowest BCUT2D eigenvalue weighted by molar-refractivity contribution is -0.0113. The fourth-order valence-corrected chi connectivity index (χ4v) is 3.89. The van der Waals surface area contributed by atoms with E-state index in [0.717, 1.165) is 47.2 Å². The van der Waals surface area contributed by atoms with Crippen molar-refractivity contribution in [1.82, 2.24) is 5.32 Å². The molecule has 0 aromatic heterocycles. The highest BCUT2D eigenvalue weighted by Gasteiger charge is 2.16. The lowest BCUT2D eigenvalue weighted by Gasteiger charge is -2.23. The predicted octanol–water partition coefficient (Wildman–Crippen LogP) is 4.66. The van der Waals surface area contributed by atoms with Gasteiger partial charge in [0.25, 0.3) is 0 Å². The van der Waals surface area contributed by atoms with Crippen LogP contribution in [0.25, 0.3) is 0 Å². The van der Waals surface area contributed by atoms with E-state index < -0.39 is 0 Å². The first-order chi connectivity index (χ1) is 10.2. The van der Waals surface area contributed by atoms with Gasteiger partial charge < -0.3 is 14.8 Å². The molecule has 0 spiro atoms. The summed E-state index contributed by atoms with van der Waals surface area (Å²) in [6.07, 6.45) is 4.87. The summed E-state index contributed by atoms with van der Waals surface area (Å²) in [4.78, 5) is 0. The van der Waals surface area contributed by atoms with Crippen LogP contribution < -0.4 is 10.1 Å². The van der Waals surface area contributed by atoms with Crippen molar-refractivity contribution < 1.29 is 9.47 Å². The van der Waals surface area contributed by atoms with Gasteiger partial charge >= 0.3 is 0 Å². The molecule has 3 nitrogen and oxygen atoms in total. The molecule has 1 aliphatic heterocycles. The number of hydrogen-bond acceptors (Lipinski definition) is 3. The highest BCUT2D eigenvalue weighted by molar-refractivity contribution is 9.11. The molecule has 2 rings (SSSR count). The van der Waals surface area contributed by atoms with Crippen molar-refractivity contribution in [3.05, 3.63) is 26.6 Å². The molecule has 1 unspecified atom stereocenters. The highest BCUT2D eigenvalue weighted by Crippen LogP contribution is 2.35. The van der Waals surface area contributed by atoms with Crippen molar-refractivity contribution in [3.63, 3.8) is 0 Å². The Morgan fingerprint density at radius 1 is 1.29 bits per heavy atom. The second kappa shape index (κ2) is 9.13. The van der Waals surface area contributed by atoms with Crippen molar-refractivity contribution in [3.8, 4) is 5.75 Å². The van der Waals surface area contributed by atoms with Crippen LogP contribution in [0.5, 0.6) is 5.75 Å². The Hall–Kier alpha value is -0.100. The number of nitrogens with one attached hydrogen (secondary N) is 1. The maximum atomic E-state index is 5.95. The SMILES string of the molecule is CCCNCc1cc(Br)c(OCC2CCCCO2)c(Br)c1. The van der Waals surface area contributed by atoms with E-state index in [0.29, 0.717) is 6.61 Å². The fourth-order valence-electron chi connectivity index (χ4n) is 2.38. The van der Waals surface area contributed by atoms with Gasteiger partial charge in [-0.05, 0) is 81.8 Å². The van der Waals surface area contributed by atoms with E-state index in [1.165, 1.54) is 18.4 Å². The first kappa shape index (κ1) is 17.3. The zero-order valence-electron chi connectivity index (χ0n) is 12.5. The van der Waals surface area contributed by atoms with Gasteiger partial charge in [0.05, 0.1) is 15.0 Å². The summed E-state index contributed by atoms with van der Waals surface area (Å²) in [5.41, 5.74) is 1.24. The van der Waals surface area contributed by atoms with Crippen LogP contribution in [0.1, 0.15) is 38.2 Å². The summed E-state index contributed by atoms with van der Waals surface area (Å²) in [5, 5.41) is 3.41. The Kier molecular flexibility index (Phi) is 7.50. The average Bonchev–Trinajstić information content (AvgIpc) is 2.48. The van der Waals surface area contributed by atoms with Crippen LogP contribution in [-0.4, -0.2) is 25.9 Å². The van der Waals surface area contributed by atoms with Crippen molar-refractivity contribution in [2.75, 3.05) is 19.8 Å². The monoisotopic (exact) mass is 419 g/mol. The lowest BCUT2D eigenvalue weighted by Crippen LogP contribution is -2.26. The average molecular weight is 421 g/mol. The Morgan fingerprint density at radius 3 is 2.67 bits per heavy atom. The molecule has 118 valence electrons. The summed E-state index contributed by atoms with van der Waals surface area (Å²) in [6.45, 7) is 5.55. The smallest absolute Gasteiger partial charge is 0.147 e. The Morgan fingerprint density at radius 2 is 2.05 bits per heavy atom. The van der Waals surface area contributed by atoms with Gasteiger partial charge in [0.15, 0.2) is 0 Å². The van der Waals surface area contributed by atoms with Gasteiger partial charge in [0.1, 0.15) is 12.4 Å². The van der Waals surface area contributed by atoms with E-state index in [2.05, 4.69) is 56.2 Å². The first-order valence-electron chi connectivity index (χ1n) is 7.63. The van der Waals surface area contributed by atoms with Crippen LogP contribution in [0.4, 0.5) is 0 Å². The van der Waals surface area contributed by atoms with Gasteiger partial charge in [-0.3, -0.25) is 0 Å². The van der Waals surface area contributed by atoms with Crippen molar-refractivity contribution >= 4 is 31.9 Å². The third-order valence-corrected chi connectivity index (χ3v) is 4.68. The maximum Gasteiger partial charge on any atom is 0.147 e. The van der Waals surface area contributed by atoms with Crippen molar-refractivity contribution in [2.45, 2.75) is 45.3 Å². The van der Waals surface area contributed by atoms with Gasteiger partial charge in [-0.1, -0.05) is 6.92 Å². The quantitative estimate of drug-likeness (QED) is 0.650. The zero-order valence-corrected chi connectivity index (χ0v) is 15.6. The minimum atomic E-state index is 0.225. The Bertz CT molecular complexity index is 425. The van der Waals surface area contributed by atoms with Gasteiger partial charge in [0, 0.05) is 13.2 Å². The summed E-state index contributed by atoms with van der Waals surface area (Å²) in [6, 6.07) is 4.23. The minimum Gasteiger partial charge on any atom is -0.489 e. The molecule has 0 saturated carbocycles. The molecule has 21 heavy (non-hydrogen) atoms. The van der Waals surface area contributed by atoms with Crippen LogP contribution in [0.15, 0.2) is 21.1 Å².